The summed E-state index contributed by atoms with van der Waals surface area (Å²) in [6, 6.07) is 10.5. The molecule has 0 bridgehead atoms. The molecule has 0 aliphatic rings. The first-order valence-electron chi connectivity index (χ1n) is 8.04. The van der Waals surface area contributed by atoms with Crippen molar-refractivity contribution in [2.45, 2.75) is 11.4 Å². The van der Waals surface area contributed by atoms with Crippen LogP contribution < -0.4 is 10.0 Å². The van der Waals surface area contributed by atoms with Crippen LogP contribution in [-0.2, 0) is 23.6 Å². The summed E-state index contributed by atoms with van der Waals surface area (Å²) in [6.07, 6.45) is 0. The fraction of sp³-hybridized carbons (Fsp3) is 0.118. The standard InChI is InChI=1S/C17H16FN5O3S2/c1-23-15(20-21-17(23)27)10-19-16(24)13-4-2-3-5-14(13)22-28(25,26)12-8-6-11(18)7-9-12/h2-9,22H,10H2,1H3,(H,19,24)(H,21,27). The van der Waals surface area contributed by atoms with Gasteiger partial charge in [0.1, 0.15) is 5.82 Å². The number of sulfonamides is 1. The highest BCUT2D eigenvalue weighted by atomic mass is 32.2. The Kier molecular flexibility index (Phi) is 5.56. The fourth-order valence-corrected chi connectivity index (χ4v) is 3.61. The maximum atomic E-state index is 13.0. The number of aromatic amines is 1. The van der Waals surface area contributed by atoms with Gasteiger partial charge in [-0.25, -0.2) is 12.8 Å². The Morgan fingerprint density at radius 3 is 2.54 bits per heavy atom. The van der Waals surface area contributed by atoms with Crippen LogP contribution in [0.3, 0.4) is 0 Å². The molecule has 1 aromatic heterocycles. The van der Waals surface area contributed by atoms with E-state index in [0.717, 1.165) is 24.3 Å². The number of carbonyl (C=O) groups excluding carboxylic acids is 1. The molecule has 3 N–H and O–H groups in total. The van der Waals surface area contributed by atoms with Gasteiger partial charge in [0, 0.05) is 7.05 Å². The van der Waals surface area contributed by atoms with Crippen LogP contribution in [0.2, 0.25) is 0 Å². The third-order valence-corrected chi connectivity index (χ3v) is 5.67. The van der Waals surface area contributed by atoms with Crippen LogP contribution in [0, 0.1) is 10.6 Å². The number of hydrogen-bond acceptors (Lipinski definition) is 5. The van der Waals surface area contributed by atoms with Crippen LogP contribution in [0.4, 0.5) is 10.1 Å². The maximum Gasteiger partial charge on any atom is 0.261 e. The number of halogens is 1. The molecule has 0 saturated heterocycles. The summed E-state index contributed by atoms with van der Waals surface area (Å²) in [4.78, 5) is 12.4. The highest BCUT2D eigenvalue weighted by Gasteiger charge is 2.19. The summed E-state index contributed by atoms with van der Waals surface area (Å²) < 4.78 is 42.5. The molecule has 3 aromatic rings. The van der Waals surface area contributed by atoms with Crippen molar-refractivity contribution in [1.82, 2.24) is 20.1 Å². The zero-order valence-corrected chi connectivity index (χ0v) is 16.3. The lowest BCUT2D eigenvalue weighted by atomic mass is 10.1. The first-order chi connectivity index (χ1) is 13.3. The normalized spacial score (nSPS) is 11.2. The molecule has 0 atom stereocenters. The van der Waals surface area contributed by atoms with Crippen molar-refractivity contribution in [3.05, 3.63) is 70.5 Å². The van der Waals surface area contributed by atoms with Crippen LogP contribution >= 0.6 is 12.2 Å². The SMILES string of the molecule is Cn1c(CNC(=O)c2ccccc2NS(=O)(=O)c2ccc(F)cc2)n[nH]c1=S. The molecule has 28 heavy (non-hydrogen) atoms. The lowest BCUT2D eigenvalue weighted by Gasteiger charge is -2.12. The second-order valence-corrected chi connectivity index (χ2v) is 7.86. The van der Waals surface area contributed by atoms with Gasteiger partial charge < -0.3 is 9.88 Å². The van der Waals surface area contributed by atoms with Gasteiger partial charge in [-0.1, -0.05) is 12.1 Å². The van der Waals surface area contributed by atoms with Crippen molar-refractivity contribution in [3.63, 3.8) is 0 Å². The topological polar surface area (TPSA) is 109 Å². The zero-order chi connectivity index (χ0) is 20.3. The van der Waals surface area contributed by atoms with E-state index < -0.39 is 21.7 Å². The highest BCUT2D eigenvalue weighted by molar-refractivity contribution is 7.92. The van der Waals surface area contributed by atoms with E-state index in [1.54, 1.807) is 23.7 Å². The summed E-state index contributed by atoms with van der Waals surface area (Å²) in [5.74, 6) is -0.526. The lowest BCUT2D eigenvalue weighted by molar-refractivity contribution is 0.0950. The van der Waals surface area contributed by atoms with E-state index in [0.29, 0.717) is 10.6 Å². The molecule has 1 heterocycles. The van der Waals surface area contributed by atoms with Crippen LogP contribution in [0.15, 0.2) is 53.4 Å². The Balaban J connectivity index is 1.80. The van der Waals surface area contributed by atoms with Crippen molar-refractivity contribution < 1.29 is 17.6 Å². The summed E-state index contributed by atoms with van der Waals surface area (Å²) in [6.45, 7) is 0.0987. The van der Waals surface area contributed by atoms with E-state index >= 15 is 0 Å². The molecular weight excluding hydrogens is 405 g/mol. The number of amides is 1. The largest absolute Gasteiger partial charge is 0.345 e. The number of nitrogens with one attached hydrogen (secondary N) is 3. The Bertz CT molecular complexity index is 1170. The smallest absolute Gasteiger partial charge is 0.261 e. The van der Waals surface area contributed by atoms with Crippen LogP contribution in [-0.4, -0.2) is 29.1 Å². The van der Waals surface area contributed by atoms with Gasteiger partial charge >= 0.3 is 0 Å². The van der Waals surface area contributed by atoms with Crippen molar-refractivity contribution in [2.24, 2.45) is 7.05 Å². The van der Waals surface area contributed by atoms with E-state index in [4.69, 9.17) is 12.2 Å². The molecule has 0 radical (unpaired) electrons. The van der Waals surface area contributed by atoms with Crippen molar-refractivity contribution in [2.75, 3.05) is 4.72 Å². The van der Waals surface area contributed by atoms with Gasteiger partial charge in [-0.3, -0.25) is 14.6 Å². The van der Waals surface area contributed by atoms with Crippen molar-refractivity contribution >= 4 is 33.8 Å². The molecule has 8 nitrogen and oxygen atoms in total. The number of anilines is 1. The van der Waals surface area contributed by atoms with Crippen LogP contribution in [0.5, 0.6) is 0 Å². The summed E-state index contributed by atoms with van der Waals surface area (Å²) in [5.41, 5.74) is 0.227. The highest BCUT2D eigenvalue weighted by Crippen LogP contribution is 2.20. The predicted octanol–water partition coefficient (Wildman–Crippen LogP) is 2.35. The molecule has 0 unspecified atom stereocenters. The average molecular weight is 421 g/mol. The van der Waals surface area contributed by atoms with Gasteiger partial charge in [-0.15, -0.1) is 0 Å². The number of benzene rings is 2. The van der Waals surface area contributed by atoms with E-state index in [1.807, 2.05) is 0 Å². The summed E-state index contributed by atoms with van der Waals surface area (Å²) in [5, 5.41) is 9.28. The second kappa shape index (κ2) is 7.90. The molecule has 3 rings (SSSR count). The number of nitrogens with zero attached hydrogens (tertiary/aromatic N) is 2. The van der Waals surface area contributed by atoms with Gasteiger partial charge in [0.25, 0.3) is 15.9 Å². The van der Waals surface area contributed by atoms with Gasteiger partial charge in [0.2, 0.25) is 0 Å². The Morgan fingerprint density at radius 1 is 1.21 bits per heavy atom. The first-order valence-corrected chi connectivity index (χ1v) is 9.93. The molecule has 0 aliphatic heterocycles. The second-order valence-electron chi connectivity index (χ2n) is 5.79. The quantitative estimate of drug-likeness (QED) is 0.530. The van der Waals surface area contributed by atoms with E-state index in [9.17, 15) is 17.6 Å². The molecule has 0 spiro atoms. The third kappa shape index (κ3) is 4.26. The molecule has 0 aliphatic carbocycles. The molecule has 0 saturated carbocycles. The summed E-state index contributed by atoms with van der Waals surface area (Å²) >= 11 is 5.01. The number of aromatic nitrogens is 3. The number of H-pyrrole nitrogens is 1. The van der Waals surface area contributed by atoms with E-state index in [1.165, 1.54) is 12.1 Å². The first kappa shape index (κ1) is 19.7. The third-order valence-electron chi connectivity index (χ3n) is 3.92. The predicted molar refractivity (Wildman–Crippen MR) is 103 cm³/mol. The molecule has 11 heteroatoms. The van der Waals surface area contributed by atoms with Crippen molar-refractivity contribution in [3.8, 4) is 0 Å². The zero-order valence-electron chi connectivity index (χ0n) is 14.6. The molecular formula is C17H16FN5O3S2. The lowest BCUT2D eigenvalue weighted by Crippen LogP contribution is -2.26. The summed E-state index contributed by atoms with van der Waals surface area (Å²) in [7, 11) is -2.28. The van der Waals surface area contributed by atoms with Gasteiger partial charge in [-0.2, -0.15) is 5.10 Å². The van der Waals surface area contributed by atoms with Crippen molar-refractivity contribution in [1.29, 1.82) is 0 Å². The Labute approximate surface area is 165 Å². The monoisotopic (exact) mass is 421 g/mol. The minimum atomic E-state index is -3.99. The number of hydrogen-bond donors (Lipinski definition) is 3. The van der Waals surface area contributed by atoms with Crippen LogP contribution in [0.25, 0.3) is 0 Å². The maximum absolute atomic E-state index is 13.0. The fourth-order valence-electron chi connectivity index (χ4n) is 2.38. The molecule has 146 valence electrons. The van der Waals surface area contributed by atoms with E-state index in [2.05, 4.69) is 20.2 Å². The van der Waals surface area contributed by atoms with Crippen LogP contribution in [0.1, 0.15) is 16.2 Å². The number of carbonyl (C=O) groups is 1. The molecule has 1 amide bonds. The minimum Gasteiger partial charge on any atom is -0.345 e. The molecule has 0 fully saturated rings. The average Bonchev–Trinajstić information content (AvgIpc) is 2.98. The van der Waals surface area contributed by atoms with Gasteiger partial charge in [0.15, 0.2) is 10.6 Å². The van der Waals surface area contributed by atoms with E-state index in [-0.39, 0.29) is 22.7 Å². The minimum absolute atomic E-state index is 0.0969. The number of para-hydroxylation sites is 1. The Hall–Kier alpha value is -3.05. The Morgan fingerprint density at radius 2 is 1.89 bits per heavy atom. The molecule has 2 aromatic carbocycles. The van der Waals surface area contributed by atoms with Gasteiger partial charge in [-0.05, 0) is 48.6 Å². The van der Waals surface area contributed by atoms with Gasteiger partial charge in [0.05, 0.1) is 22.7 Å². The number of rotatable bonds is 6.